The van der Waals surface area contributed by atoms with E-state index in [9.17, 15) is 4.79 Å². The zero-order valence-electron chi connectivity index (χ0n) is 11.7. The summed E-state index contributed by atoms with van der Waals surface area (Å²) in [6.45, 7) is 2.77. The third-order valence-corrected chi connectivity index (χ3v) is 4.05. The first-order chi connectivity index (χ1) is 9.74. The molecule has 0 saturated heterocycles. The summed E-state index contributed by atoms with van der Waals surface area (Å²) in [6.07, 6.45) is 3.62. The van der Waals surface area contributed by atoms with Gasteiger partial charge in [0.1, 0.15) is 12.0 Å². The molecule has 0 spiro atoms. The number of methoxy groups -OCH3 is 1. The Morgan fingerprint density at radius 1 is 1.55 bits per heavy atom. The van der Waals surface area contributed by atoms with E-state index in [2.05, 4.69) is 34.5 Å². The Morgan fingerprint density at radius 3 is 3.05 bits per heavy atom. The molecule has 1 unspecified atom stereocenters. The Morgan fingerprint density at radius 2 is 2.40 bits per heavy atom. The van der Waals surface area contributed by atoms with Crippen LogP contribution in [0.3, 0.4) is 0 Å². The second-order valence-corrected chi connectivity index (χ2v) is 5.51. The predicted octanol–water partition coefficient (Wildman–Crippen LogP) is 3.76. The van der Waals surface area contributed by atoms with Crippen molar-refractivity contribution in [1.82, 2.24) is 5.32 Å². The number of carbonyl (C=O) groups is 1. The van der Waals surface area contributed by atoms with Crippen molar-refractivity contribution in [3.05, 3.63) is 46.0 Å². The van der Waals surface area contributed by atoms with Crippen LogP contribution >= 0.6 is 11.3 Å². The van der Waals surface area contributed by atoms with Gasteiger partial charge in [0.15, 0.2) is 0 Å². The van der Waals surface area contributed by atoms with Gasteiger partial charge in [0.2, 0.25) is 0 Å². The lowest BCUT2D eigenvalue weighted by Crippen LogP contribution is -2.19. The van der Waals surface area contributed by atoms with Crippen molar-refractivity contribution in [2.45, 2.75) is 32.4 Å². The van der Waals surface area contributed by atoms with Crippen LogP contribution in [0.5, 0.6) is 0 Å². The van der Waals surface area contributed by atoms with Crippen LogP contribution in [0.25, 0.3) is 0 Å². The molecule has 1 N–H and O–H groups in total. The molecule has 0 bridgehead atoms. The van der Waals surface area contributed by atoms with Crippen molar-refractivity contribution in [3.63, 3.8) is 0 Å². The van der Waals surface area contributed by atoms with Gasteiger partial charge in [-0.15, -0.1) is 11.3 Å². The smallest absolute Gasteiger partial charge is 0.341 e. The van der Waals surface area contributed by atoms with Crippen LogP contribution in [-0.4, -0.2) is 13.1 Å². The summed E-state index contributed by atoms with van der Waals surface area (Å²) in [5.41, 5.74) is 0.451. The second-order valence-electron chi connectivity index (χ2n) is 4.53. The molecule has 0 aliphatic carbocycles. The zero-order valence-corrected chi connectivity index (χ0v) is 12.5. The Kier molecular flexibility index (Phi) is 5.38. The van der Waals surface area contributed by atoms with E-state index in [1.165, 1.54) is 18.3 Å². The van der Waals surface area contributed by atoms with Crippen LogP contribution in [0.15, 0.2) is 34.3 Å². The van der Waals surface area contributed by atoms with Crippen molar-refractivity contribution in [2.24, 2.45) is 0 Å². The molecular weight excluding hydrogens is 274 g/mol. The topological polar surface area (TPSA) is 51.5 Å². The first-order valence-corrected chi connectivity index (χ1v) is 7.55. The molecule has 20 heavy (non-hydrogen) atoms. The molecule has 5 heteroatoms. The van der Waals surface area contributed by atoms with Gasteiger partial charge in [-0.1, -0.05) is 19.4 Å². The average molecular weight is 293 g/mol. The number of thiophene rings is 1. The molecule has 0 saturated carbocycles. The molecule has 1 atom stereocenters. The minimum atomic E-state index is -0.372. The summed E-state index contributed by atoms with van der Waals surface area (Å²) in [5.74, 6) is 0.367. The maximum atomic E-state index is 11.4. The fraction of sp³-hybridized carbons (Fsp3) is 0.400. The van der Waals surface area contributed by atoms with Crippen molar-refractivity contribution < 1.29 is 13.9 Å². The Labute approximate surface area is 122 Å². The molecule has 0 fully saturated rings. The van der Waals surface area contributed by atoms with E-state index < -0.39 is 0 Å². The number of ether oxygens (including phenoxy) is 1. The molecule has 2 aromatic heterocycles. The second kappa shape index (κ2) is 7.26. The van der Waals surface area contributed by atoms with Crippen LogP contribution in [0.2, 0.25) is 0 Å². The highest BCUT2D eigenvalue weighted by atomic mass is 32.1. The van der Waals surface area contributed by atoms with Crippen LogP contribution in [0, 0.1) is 0 Å². The van der Waals surface area contributed by atoms with Crippen molar-refractivity contribution in [1.29, 1.82) is 0 Å². The van der Waals surface area contributed by atoms with Gasteiger partial charge < -0.3 is 14.5 Å². The first kappa shape index (κ1) is 14.8. The van der Waals surface area contributed by atoms with E-state index in [0.717, 1.165) is 18.6 Å². The maximum Gasteiger partial charge on any atom is 0.341 e. The number of esters is 1. The third kappa shape index (κ3) is 3.71. The number of hydrogen-bond acceptors (Lipinski definition) is 5. The van der Waals surface area contributed by atoms with Gasteiger partial charge in [-0.3, -0.25) is 0 Å². The molecule has 0 amide bonds. The summed E-state index contributed by atoms with van der Waals surface area (Å²) in [5, 5.41) is 5.56. The highest BCUT2D eigenvalue weighted by molar-refractivity contribution is 7.10. The van der Waals surface area contributed by atoms with Gasteiger partial charge in [0.05, 0.1) is 19.2 Å². The summed E-state index contributed by atoms with van der Waals surface area (Å²) in [4.78, 5) is 12.7. The minimum absolute atomic E-state index is 0.326. The van der Waals surface area contributed by atoms with Gasteiger partial charge in [0.25, 0.3) is 0 Å². The van der Waals surface area contributed by atoms with Crippen LogP contribution < -0.4 is 5.32 Å². The maximum absolute atomic E-state index is 11.4. The fourth-order valence-electron chi connectivity index (χ4n) is 2.05. The van der Waals surface area contributed by atoms with E-state index in [1.54, 1.807) is 17.4 Å². The van der Waals surface area contributed by atoms with E-state index in [1.807, 2.05) is 0 Å². The number of rotatable bonds is 7. The quantitative estimate of drug-likeness (QED) is 0.790. The molecule has 2 rings (SSSR count). The number of furan rings is 1. The molecule has 108 valence electrons. The lowest BCUT2D eigenvalue weighted by molar-refractivity contribution is 0.0600. The zero-order chi connectivity index (χ0) is 14.4. The molecule has 0 aliphatic heterocycles. The normalized spacial score (nSPS) is 12.3. The van der Waals surface area contributed by atoms with Gasteiger partial charge >= 0.3 is 5.97 Å². The lowest BCUT2D eigenvalue weighted by Gasteiger charge is -2.15. The summed E-state index contributed by atoms with van der Waals surface area (Å²) < 4.78 is 10.0. The number of nitrogens with one attached hydrogen (secondary N) is 1. The van der Waals surface area contributed by atoms with Crippen LogP contribution in [0.1, 0.15) is 46.8 Å². The fourth-order valence-corrected chi connectivity index (χ4v) is 2.88. The van der Waals surface area contributed by atoms with Crippen molar-refractivity contribution in [3.8, 4) is 0 Å². The summed E-state index contributed by atoms with van der Waals surface area (Å²) in [7, 11) is 1.36. The number of carbonyl (C=O) groups excluding carboxylic acids is 1. The molecular formula is C15H19NO3S. The standard InChI is InChI=1S/C15H19NO3S/c1-3-5-13(14-6-4-7-20-14)16-9-12-8-11(10-19-12)15(17)18-2/h4,6-8,10,13,16H,3,5,9H2,1-2H3. The van der Waals surface area contributed by atoms with Crippen LogP contribution in [0.4, 0.5) is 0 Å². The van der Waals surface area contributed by atoms with E-state index in [4.69, 9.17) is 4.42 Å². The van der Waals surface area contributed by atoms with E-state index in [0.29, 0.717) is 18.2 Å². The predicted molar refractivity (Wildman–Crippen MR) is 78.9 cm³/mol. The van der Waals surface area contributed by atoms with E-state index in [-0.39, 0.29) is 5.97 Å². The van der Waals surface area contributed by atoms with E-state index >= 15 is 0 Å². The molecule has 4 nitrogen and oxygen atoms in total. The highest BCUT2D eigenvalue weighted by Crippen LogP contribution is 2.23. The highest BCUT2D eigenvalue weighted by Gasteiger charge is 2.14. The summed E-state index contributed by atoms with van der Waals surface area (Å²) in [6, 6.07) is 6.25. The third-order valence-electron chi connectivity index (χ3n) is 3.06. The number of hydrogen-bond donors (Lipinski definition) is 1. The van der Waals surface area contributed by atoms with Crippen LogP contribution in [-0.2, 0) is 11.3 Å². The monoisotopic (exact) mass is 293 g/mol. The molecule has 0 aliphatic rings. The van der Waals surface area contributed by atoms with Gasteiger partial charge in [-0.25, -0.2) is 4.79 Å². The minimum Gasteiger partial charge on any atom is -0.467 e. The lowest BCUT2D eigenvalue weighted by atomic mass is 10.1. The molecule has 0 aromatic carbocycles. The van der Waals surface area contributed by atoms with Gasteiger partial charge in [-0.05, 0) is 23.9 Å². The molecule has 2 aromatic rings. The Bertz CT molecular complexity index is 533. The average Bonchev–Trinajstić information content (AvgIpc) is 3.13. The Hall–Kier alpha value is -1.59. The van der Waals surface area contributed by atoms with Gasteiger partial charge in [-0.2, -0.15) is 0 Å². The van der Waals surface area contributed by atoms with Crippen molar-refractivity contribution in [2.75, 3.05) is 7.11 Å². The summed E-state index contributed by atoms with van der Waals surface area (Å²) >= 11 is 1.75. The van der Waals surface area contributed by atoms with Crippen molar-refractivity contribution >= 4 is 17.3 Å². The SMILES string of the molecule is CCCC(NCc1cc(C(=O)OC)co1)c1cccs1. The largest absolute Gasteiger partial charge is 0.467 e. The van der Waals surface area contributed by atoms with Gasteiger partial charge in [0, 0.05) is 10.9 Å². The first-order valence-electron chi connectivity index (χ1n) is 6.67. The molecule has 2 heterocycles. The Balaban J connectivity index is 1.95. The molecule has 0 radical (unpaired) electrons.